The summed E-state index contributed by atoms with van der Waals surface area (Å²) >= 11 is 6.00. The third-order valence-corrected chi connectivity index (χ3v) is 3.59. The number of anilines is 1. The Bertz CT molecular complexity index is 442. The predicted octanol–water partition coefficient (Wildman–Crippen LogP) is 2.38. The van der Waals surface area contributed by atoms with Crippen LogP contribution in [0, 0.1) is 0 Å². The van der Waals surface area contributed by atoms with Gasteiger partial charge in [-0.2, -0.15) is 0 Å². The minimum atomic E-state index is 0. The van der Waals surface area contributed by atoms with Crippen LogP contribution in [0.3, 0.4) is 0 Å². The van der Waals surface area contributed by atoms with Crippen LogP contribution in [0.2, 0.25) is 5.02 Å². The number of amides is 1. The van der Waals surface area contributed by atoms with Crippen LogP contribution in [-0.2, 0) is 4.79 Å². The smallest absolute Gasteiger partial charge is 0.225 e. The first-order valence-electron chi connectivity index (χ1n) is 6.65. The highest BCUT2D eigenvalue weighted by Gasteiger charge is 2.16. The fourth-order valence-corrected chi connectivity index (χ4v) is 2.43. The zero-order valence-corrected chi connectivity index (χ0v) is 13.1. The van der Waals surface area contributed by atoms with Crippen molar-refractivity contribution < 1.29 is 4.79 Å². The highest BCUT2D eigenvalue weighted by molar-refractivity contribution is 6.33. The van der Waals surface area contributed by atoms with Gasteiger partial charge in [0, 0.05) is 38.6 Å². The largest absolute Gasteiger partial charge is 0.325 e. The number of hydrogen-bond acceptors (Lipinski definition) is 3. The van der Waals surface area contributed by atoms with Gasteiger partial charge in [0.25, 0.3) is 0 Å². The van der Waals surface area contributed by atoms with Crippen LogP contribution in [0.15, 0.2) is 24.3 Å². The van der Waals surface area contributed by atoms with E-state index in [9.17, 15) is 4.79 Å². The fraction of sp³-hybridized carbons (Fsp3) is 0.500. The monoisotopic (exact) mass is 317 g/mol. The minimum Gasteiger partial charge on any atom is -0.325 e. The first kappa shape index (κ1) is 17.2. The lowest BCUT2D eigenvalue weighted by Crippen LogP contribution is -2.49. The number of carbonyl (C=O) groups excluding carboxylic acids is 1. The lowest BCUT2D eigenvalue weighted by Gasteiger charge is -2.31. The second kappa shape index (κ2) is 8.47. The van der Waals surface area contributed by atoms with Gasteiger partial charge in [0.2, 0.25) is 5.91 Å². The van der Waals surface area contributed by atoms with Crippen LogP contribution in [-0.4, -0.2) is 43.0 Å². The molecule has 0 saturated carbocycles. The molecule has 0 bridgehead atoms. The lowest BCUT2D eigenvalue weighted by molar-refractivity contribution is -0.116. The van der Waals surface area contributed by atoms with Crippen molar-refractivity contribution in [3.8, 4) is 0 Å². The van der Waals surface area contributed by atoms with Crippen molar-refractivity contribution in [2.75, 3.05) is 31.5 Å². The van der Waals surface area contributed by atoms with E-state index in [1.807, 2.05) is 18.2 Å². The SMILES string of the molecule is CC1CN(CCC(=O)Nc2ccccc2Cl)CCN1.Cl. The maximum atomic E-state index is 11.9. The first-order valence-corrected chi connectivity index (χ1v) is 7.03. The third-order valence-electron chi connectivity index (χ3n) is 3.26. The first-order chi connectivity index (χ1) is 9.15. The summed E-state index contributed by atoms with van der Waals surface area (Å²) in [5, 5.41) is 6.81. The number of carbonyl (C=O) groups is 1. The van der Waals surface area contributed by atoms with Crippen LogP contribution in [0.1, 0.15) is 13.3 Å². The topological polar surface area (TPSA) is 44.4 Å². The Labute approximate surface area is 131 Å². The minimum absolute atomic E-state index is 0. The average molecular weight is 318 g/mol. The van der Waals surface area contributed by atoms with Gasteiger partial charge in [0.15, 0.2) is 0 Å². The maximum absolute atomic E-state index is 11.9. The molecule has 1 amide bonds. The van der Waals surface area contributed by atoms with E-state index in [1.165, 1.54) is 0 Å². The second-order valence-corrected chi connectivity index (χ2v) is 5.34. The fourth-order valence-electron chi connectivity index (χ4n) is 2.25. The van der Waals surface area contributed by atoms with Gasteiger partial charge < -0.3 is 15.5 Å². The molecule has 0 aromatic heterocycles. The number of piperazine rings is 1. The van der Waals surface area contributed by atoms with Gasteiger partial charge in [-0.25, -0.2) is 0 Å². The zero-order valence-electron chi connectivity index (χ0n) is 11.6. The quantitative estimate of drug-likeness (QED) is 0.896. The summed E-state index contributed by atoms with van der Waals surface area (Å²) in [4.78, 5) is 14.2. The van der Waals surface area contributed by atoms with Crippen molar-refractivity contribution >= 4 is 35.6 Å². The molecule has 0 aliphatic carbocycles. The Morgan fingerprint density at radius 2 is 2.25 bits per heavy atom. The molecule has 1 fully saturated rings. The molecule has 4 nitrogen and oxygen atoms in total. The molecule has 1 atom stereocenters. The van der Waals surface area contributed by atoms with E-state index in [0.717, 1.165) is 26.2 Å². The summed E-state index contributed by atoms with van der Waals surface area (Å²) in [5.41, 5.74) is 0.683. The number of nitrogens with one attached hydrogen (secondary N) is 2. The Morgan fingerprint density at radius 3 is 2.95 bits per heavy atom. The van der Waals surface area contributed by atoms with Crippen molar-refractivity contribution in [3.63, 3.8) is 0 Å². The van der Waals surface area contributed by atoms with Gasteiger partial charge in [-0.1, -0.05) is 23.7 Å². The van der Waals surface area contributed by atoms with Gasteiger partial charge in [-0.05, 0) is 19.1 Å². The van der Waals surface area contributed by atoms with Gasteiger partial charge in [0.1, 0.15) is 0 Å². The summed E-state index contributed by atoms with van der Waals surface area (Å²) in [5.74, 6) is 0.0132. The van der Waals surface area contributed by atoms with Crippen LogP contribution < -0.4 is 10.6 Å². The van der Waals surface area contributed by atoms with Crippen molar-refractivity contribution in [2.24, 2.45) is 0 Å². The number of para-hydroxylation sites is 1. The molecule has 112 valence electrons. The van der Waals surface area contributed by atoms with E-state index in [0.29, 0.717) is 23.2 Å². The van der Waals surface area contributed by atoms with Crippen LogP contribution in [0.5, 0.6) is 0 Å². The molecule has 20 heavy (non-hydrogen) atoms. The van der Waals surface area contributed by atoms with Gasteiger partial charge in [-0.3, -0.25) is 4.79 Å². The number of nitrogens with zero attached hydrogens (tertiary/aromatic N) is 1. The summed E-state index contributed by atoms with van der Waals surface area (Å²) < 4.78 is 0. The zero-order chi connectivity index (χ0) is 13.7. The maximum Gasteiger partial charge on any atom is 0.225 e. The van der Waals surface area contributed by atoms with Crippen molar-refractivity contribution in [1.82, 2.24) is 10.2 Å². The molecule has 1 saturated heterocycles. The second-order valence-electron chi connectivity index (χ2n) is 4.93. The highest BCUT2D eigenvalue weighted by atomic mass is 35.5. The molecule has 1 heterocycles. The van der Waals surface area contributed by atoms with E-state index >= 15 is 0 Å². The summed E-state index contributed by atoms with van der Waals surface area (Å²) in [6, 6.07) is 7.79. The molecule has 1 aliphatic rings. The van der Waals surface area contributed by atoms with Crippen molar-refractivity contribution in [2.45, 2.75) is 19.4 Å². The van der Waals surface area contributed by atoms with Gasteiger partial charge in [-0.15, -0.1) is 12.4 Å². The highest BCUT2D eigenvalue weighted by Crippen LogP contribution is 2.20. The van der Waals surface area contributed by atoms with E-state index in [1.54, 1.807) is 6.07 Å². The molecule has 2 N–H and O–H groups in total. The molecule has 2 rings (SSSR count). The van der Waals surface area contributed by atoms with Crippen molar-refractivity contribution in [3.05, 3.63) is 29.3 Å². The molecule has 1 aliphatic heterocycles. The van der Waals surface area contributed by atoms with Gasteiger partial charge in [0.05, 0.1) is 10.7 Å². The van der Waals surface area contributed by atoms with E-state index < -0.39 is 0 Å². The Morgan fingerprint density at radius 1 is 1.50 bits per heavy atom. The third kappa shape index (κ3) is 5.29. The molecular formula is C14H21Cl2N3O. The molecule has 1 unspecified atom stereocenters. The van der Waals surface area contributed by atoms with E-state index in [-0.39, 0.29) is 18.3 Å². The molecule has 0 spiro atoms. The van der Waals surface area contributed by atoms with Crippen LogP contribution in [0.25, 0.3) is 0 Å². The summed E-state index contributed by atoms with van der Waals surface area (Å²) in [6.45, 7) is 5.95. The predicted molar refractivity (Wildman–Crippen MR) is 85.9 cm³/mol. The number of rotatable bonds is 4. The standard InChI is InChI=1S/C14H20ClN3O.ClH/c1-11-10-18(9-7-16-11)8-6-14(19)17-13-5-3-2-4-12(13)15;/h2-5,11,16H,6-10H2,1H3,(H,17,19);1H. The summed E-state index contributed by atoms with van der Waals surface area (Å²) in [7, 11) is 0. The number of benzene rings is 1. The summed E-state index contributed by atoms with van der Waals surface area (Å²) in [6.07, 6.45) is 0.498. The number of halogens is 2. The molecule has 1 aromatic carbocycles. The Balaban J connectivity index is 0.00000200. The van der Waals surface area contributed by atoms with E-state index in [4.69, 9.17) is 11.6 Å². The molecule has 0 radical (unpaired) electrons. The number of hydrogen-bond donors (Lipinski definition) is 2. The molecule has 6 heteroatoms. The normalized spacial score (nSPS) is 19.2. The lowest BCUT2D eigenvalue weighted by atomic mass is 10.2. The van der Waals surface area contributed by atoms with E-state index in [2.05, 4.69) is 22.5 Å². The Kier molecular flexibility index (Phi) is 7.30. The van der Waals surface area contributed by atoms with Crippen LogP contribution in [0.4, 0.5) is 5.69 Å². The van der Waals surface area contributed by atoms with Crippen molar-refractivity contribution in [1.29, 1.82) is 0 Å². The Hall–Kier alpha value is -0.810. The molecule has 1 aromatic rings. The van der Waals surface area contributed by atoms with Gasteiger partial charge >= 0.3 is 0 Å². The van der Waals surface area contributed by atoms with Crippen LogP contribution >= 0.6 is 24.0 Å². The molecular weight excluding hydrogens is 297 g/mol. The average Bonchev–Trinajstić information content (AvgIpc) is 2.39.